The van der Waals surface area contributed by atoms with Crippen molar-refractivity contribution in [2.45, 2.75) is 13.0 Å². The van der Waals surface area contributed by atoms with Crippen LogP contribution in [0, 0.1) is 0 Å². The Hall–Kier alpha value is -3.09. The fourth-order valence-corrected chi connectivity index (χ4v) is 3.64. The van der Waals surface area contributed by atoms with Crippen molar-refractivity contribution in [1.82, 2.24) is 4.90 Å². The highest BCUT2D eigenvalue weighted by Crippen LogP contribution is 2.40. The Kier molecular flexibility index (Phi) is 6.36. The Morgan fingerprint density at radius 1 is 1.10 bits per heavy atom. The normalized spacial score (nSPS) is 15.2. The molecule has 0 bridgehead atoms. The van der Waals surface area contributed by atoms with Gasteiger partial charge in [0.05, 0.1) is 45.7 Å². The number of amides is 1. The van der Waals surface area contributed by atoms with E-state index in [1.54, 1.807) is 31.2 Å². The second kappa shape index (κ2) is 8.94. The van der Waals surface area contributed by atoms with Crippen LogP contribution < -0.4 is 23.8 Å². The van der Waals surface area contributed by atoms with Crippen molar-refractivity contribution in [3.8, 4) is 23.0 Å². The molecule has 0 radical (unpaired) electrons. The van der Waals surface area contributed by atoms with E-state index in [1.165, 1.54) is 14.2 Å². The second-order valence-corrected chi connectivity index (χ2v) is 6.81. The van der Waals surface area contributed by atoms with Crippen molar-refractivity contribution in [3.63, 3.8) is 0 Å². The third-order valence-electron chi connectivity index (χ3n) is 5.06. The maximum Gasteiger partial charge on any atom is 0.257 e. The standard InChI is InChI=1S/C22H28N2O5/c1-6-24-14-15(29-18-10-8-7-9-17(18)24)13-23(2)22(25)16-11-12-19(26-3)21(28-5)20(16)27-4/h7-12,15H,6,13-14H2,1-5H3/t15-/m0/s1. The fourth-order valence-electron chi connectivity index (χ4n) is 3.64. The first-order chi connectivity index (χ1) is 14.0. The summed E-state index contributed by atoms with van der Waals surface area (Å²) in [6.45, 7) is 4.15. The van der Waals surface area contributed by atoms with Gasteiger partial charge in [0.15, 0.2) is 11.5 Å². The number of hydrogen-bond acceptors (Lipinski definition) is 6. The molecule has 0 N–H and O–H groups in total. The molecule has 1 atom stereocenters. The highest BCUT2D eigenvalue weighted by atomic mass is 16.5. The van der Waals surface area contributed by atoms with Gasteiger partial charge >= 0.3 is 0 Å². The summed E-state index contributed by atoms with van der Waals surface area (Å²) in [6.07, 6.45) is -0.134. The van der Waals surface area contributed by atoms with Gasteiger partial charge in [-0.25, -0.2) is 0 Å². The number of likely N-dealkylation sites (N-methyl/N-ethyl adjacent to an activating group) is 2. The van der Waals surface area contributed by atoms with E-state index in [2.05, 4.69) is 17.9 Å². The zero-order valence-electron chi connectivity index (χ0n) is 17.6. The Morgan fingerprint density at radius 3 is 2.48 bits per heavy atom. The van der Waals surface area contributed by atoms with Gasteiger partial charge in [0.2, 0.25) is 5.75 Å². The van der Waals surface area contributed by atoms with E-state index in [4.69, 9.17) is 18.9 Å². The zero-order valence-corrected chi connectivity index (χ0v) is 17.6. The van der Waals surface area contributed by atoms with E-state index in [9.17, 15) is 4.79 Å². The predicted octanol–water partition coefficient (Wildman–Crippen LogP) is 3.07. The number of hydrogen-bond donors (Lipinski definition) is 0. The highest BCUT2D eigenvalue weighted by molar-refractivity contribution is 5.98. The third kappa shape index (κ3) is 4.04. The molecule has 7 nitrogen and oxygen atoms in total. The molecule has 3 rings (SSSR count). The lowest BCUT2D eigenvalue weighted by atomic mass is 10.1. The number of carbonyl (C=O) groups excluding carboxylic acids is 1. The zero-order chi connectivity index (χ0) is 21.0. The van der Waals surface area contributed by atoms with Gasteiger partial charge in [-0.15, -0.1) is 0 Å². The van der Waals surface area contributed by atoms with Gasteiger partial charge in [-0.1, -0.05) is 12.1 Å². The number of anilines is 1. The topological polar surface area (TPSA) is 60.5 Å². The van der Waals surface area contributed by atoms with Crippen LogP contribution in [-0.4, -0.2) is 64.9 Å². The summed E-state index contributed by atoms with van der Waals surface area (Å²) in [4.78, 5) is 17.1. The number of ether oxygens (including phenoxy) is 4. The molecule has 0 saturated heterocycles. The van der Waals surface area contributed by atoms with Crippen LogP contribution in [0.4, 0.5) is 5.69 Å². The van der Waals surface area contributed by atoms with Gasteiger partial charge < -0.3 is 28.7 Å². The molecule has 0 aromatic heterocycles. The van der Waals surface area contributed by atoms with Crippen LogP contribution in [0.2, 0.25) is 0 Å². The summed E-state index contributed by atoms with van der Waals surface area (Å²) in [6, 6.07) is 11.4. The number of carbonyl (C=O) groups is 1. The van der Waals surface area contributed by atoms with Gasteiger partial charge in [0, 0.05) is 13.6 Å². The average Bonchev–Trinajstić information content (AvgIpc) is 2.76. The molecule has 0 fully saturated rings. The Labute approximate surface area is 171 Å². The number of benzene rings is 2. The molecule has 1 aliphatic rings. The van der Waals surface area contributed by atoms with E-state index >= 15 is 0 Å². The van der Waals surface area contributed by atoms with E-state index < -0.39 is 0 Å². The summed E-state index contributed by atoms with van der Waals surface area (Å²) in [7, 11) is 6.33. The van der Waals surface area contributed by atoms with Gasteiger partial charge in [-0.2, -0.15) is 0 Å². The molecule has 0 aliphatic carbocycles. The highest BCUT2D eigenvalue weighted by Gasteiger charge is 2.29. The SMILES string of the molecule is CCN1C[C@H](CN(C)C(=O)c2ccc(OC)c(OC)c2OC)Oc2ccccc21. The fraction of sp³-hybridized carbons (Fsp3) is 0.409. The summed E-state index contributed by atoms with van der Waals surface area (Å²) >= 11 is 0. The Balaban J connectivity index is 1.80. The van der Waals surface area contributed by atoms with E-state index in [0.29, 0.717) is 35.9 Å². The minimum atomic E-state index is -0.173. The number of rotatable bonds is 7. The number of nitrogens with zero attached hydrogens (tertiary/aromatic N) is 2. The second-order valence-electron chi connectivity index (χ2n) is 6.81. The molecule has 2 aromatic rings. The maximum absolute atomic E-state index is 13.1. The Morgan fingerprint density at radius 2 is 1.83 bits per heavy atom. The molecule has 7 heteroatoms. The number of para-hydroxylation sites is 2. The van der Waals surface area contributed by atoms with E-state index in [1.807, 2.05) is 18.2 Å². The smallest absolute Gasteiger partial charge is 0.257 e. The van der Waals surface area contributed by atoms with Crippen LogP contribution in [0.15, 0.2) is 36.4 Å². The minimum absolute atomic E-state index is 0.134. The first-order valence-corrected chi connectivity index (χ1v) is 9.59. The van der Waals surface area contributed by atoms with Crippen LogP contribution >= 0.6 is 0 Å². The number of methoxy groups -OCH3 is 3. The Bertz CT molecular complexity index is 870. The molecule has 0 spiro atoms. The molecular weight excluding hydrogens is 372 g/mol. The van der Waals surface area contributed by atoms with Crippen molar-refractivity contribution in [2.75, 3.05) is 52.9 Å². The van der Waals surface area contributed by atoms with Crippen molar-refractivity contribution in [1.29, 1.82) is 0 Å². The summed E-state index contributed by atoms with van der Waals surface area (Å²) < 4.78 is 22.3. The summed E-state index contributed by atoms with van der Waals surface area (Å²) in [5.41, 5.74) is 1.50. The first-order valence-electron chi connectivity index (χ1n) is 9.59. The molecule has 0 saturated carbocycles. The molecular formula is C22H28N2O5. The van der Waals surface area contributed by atoms with E-state index in [-0.39, 0.29) is 12.0 Å². The van der Waals surface area contributed by atoms with Crippen LogP contribution in [0.3, 0.4) is 0 Å². The summed E-state index contributed by atoms with van der Waals surface area (Å²) in [5.74, 6) is 1.93. The van der Waals surface area contributed by atoms with E-state index in [0.717, 1.165) is 18.0 Å². The van der Waals surface area contributed by atoms with Crippen LogP contribution in [0.25, 0.3) is 0 Å². The van der Waals surface area contributed by atoms with Crippen molar-refractivity contribution in [2.24, 2.45) is 0 Å². The van der Waals surface area contributed by atoms with Crippen LogP contribution in [0.1, 0.15) is 17.3 Å². The third-order valence-corrected chi connectivity index (χ3v) is 5.06. The monoisotopic (exact) mass is 400 g/mol. The van der Waals surface area contributed by atoms with Crippen LogP contribution in [0.5, 0.6) is 23.0 Å². The first kappa shape index (κ1) is 20.6. The largest absolute Gasteiger partial charge is 0.493 e. The molecule has 1 aliphatic heterocycles. The minimum Gasteiger partial charge on any atom is -0.493 e. The molecule has 156 valence electrons. The average molecular weight is 400 g/mol. The van der Waals surface area contributed by atoms with Gasteiger partial charge in [0.1, 0.15) is 11.9 Å². The van der Waals surface area contributed by atoms with Gasteiger partial charge in [0.25, 0.3) is 5.91 Å². The van der Waals surface area contributed by atoms with Crippen LogP contribution in [-0.2, 0) is 0 Å². The van der Waals surface area contributed by atoms with Gasteiger partial charge in [-0.05, 0) is 31.2 Å². The van der Waals surface area contributed by atoms with Crippen molar-refractivity contribution in [3.05, 3.63) is 42.0 Å². The molecule has 1 heterocycles. The number of fused-ring (bicyclic) bond motifs is 1. The predicted molar refractivity (Wildman–Crippen MR) is 112 cm³/mol. The van der Waals surface area contributed by atoms with Crippen molar-refractivity contribution >= 4 is 11.6 Å². The van der Waals surface area contributed by atoms with Crippen molar-refractivity contribution < 1.29 is 23.7 Å². The lowest BCUT2D eigenvalue weighted by Crippen LogP contribution is -2.46. The molecule has 29 heavy (non-hydrogen) atoms. The molecule has 1 amide bonds. The lowest BCUT2D eigenvalue weighted by Gasteiger charge is -2.37. The lowest BCUT2D eigenvalue weighted by molar-refractivity contribution is 0.0705. The van der Waals surface area contributed by atoms with Gasteiger partial charge in [-0.3, -0.25) is 4.79 Å². The quantitative estimate of drug-likeness (QED) is 0.712. The molecule has 0 unspecified atom stereocenters. The summed E-state index contributed by atoms with van der Waals surface area (Å²) in [5, 5.41) is 0. The maximum atomic E-state index is 13.1. The molecule has 2 aromatic carbocycles.